The fraction of sp³-hybridized carbons (Fsp3) is 0.591. The molecule has 0 aliphatic carbocycles. The van der Waals surface area contributed by atoms with Crippen LogP contribution in [0.5, 0.6) is 0 Å². The van der Waals surface area contributed by atoms with Crippen LogP contribution < -0.4 is 5.48 Å². The monoisotopic (exact) mass is 417 g/mol. The SMILES string of the molecule is CC(C)c1cccc(C2CCN(C(=O)[C@@H]3[C@@H](C(=O)NO)CCCN3C(=O)O)CC2)c1. The van der Waals surface area contributed by atoms with Gasteiger partial charge in [0.1, 0.15) is 6.04 Å². The fourth-order valence-corrected chi connectivity index (χ4v) is 4.67. The van der Waals surface area contributed by atoms with Crippen molar-refractivity contribution in [1.82, 2.24) is 15.3 Å². The summed E-state index contributed by atoms with van der Waals surface area (Å²) in [5.74, 6) is -1.13. The Kier molecular flexibility index (Phi) is 6.97. The summed E-state index contributed by atoms with van der Waals surface area (Å²) in [5.41, 5.74) is 4.16. The highest BCUT2D eigenvalue weighted by Crippen LogP contribution is 2.32. The molecule has 1 aromatic carbocycles. The number of rotatable bonds is 4. The van der Waals surface area contributed by atoms with Crippen molar-refractivity contribution >= 4 is 17.9 Å². The van der Waals surface area contributed by atoms with Crippen molar-refractivity contribution in [3.05, 3.63) is 35.4 Å². The maximum atomic E-state index is 13.2. The zero-order chi connectivity index (χ0) is 21.8. The minimum absolute atomic E-state index is 0.208. The number of hydrogen-bond acceptors (Lipinski definition) is 4. The Labute approximate surface area is 176 Å². The van der Waals surface area contributed by atoms with Gasteiger partial charge in [-0.05, 0) is 48.6 Å². The predicted octanol–water partition coefficient (Wildman–Crippen LogP) is 2.78. The third-order valence-electron chi connectivity index (χ3n) is 6.43. The van der Waals surface area contributed by atoms with Gasteiger partial charge in [0.2, 0.25) is 11.8 Å². The van der Waals surface area contributed by atoms with Gasteiger partial charge >= 0.3 is 6.09 Å². The molecule has 0 unspecified atom stereocenters. The molecular weight excluding hydrogens is 386 g/mol. The van der Waals surface area contributed by atoms with Crippen molar-refractivity contribution in [3.63, 3.8) is 0 Å². The average molecular weight is 418 g/mol. The van der Waals surface area contributed by atoms with Gasteiger partial charge in [-0.15, -0.1) is 0 Å². The van der Waals surface area contributed by atoms with E-state index in [-0.39, 0.29) is 12.5 Å². The highest BCUT2D eigenvalue weighted by atomic mass is 16.5. The van der Waals surface area contributed by atoms with Crippen LogP contribution in [0.15, 0.2) is 24.3 Å². The summed E-state index contributed by atoms with van der Waals surface area (Å²) in [7, 11) is 0. The molecule has 3 amide bonds. The Hall–Kier alpha value is -2.61. The van der Waals surface area contributed by atoms with Gasteiger partial charge in [0.25, 0.3) is 0 Å². The summed E-state index contributed by atoms with van der Waals surface area (Å²) < 4.78 is 0. The number of carbonyl (C=O) groups excluding carboxylic acids is 2. The number of piperidine rings is 2. The lowest BCUT2D eigenvalue weighted by molar-refractivity contribution is -0.148. The Bertz CT molecular complexity index is 789. The second-order valence-corrected chi connectivity index (χ2v) is 8.57. The van der Waals surface area contributed by atoms with Crippen molar-refractivity contribution in [2.45, 2.75) is 57.4 Å². The molecule has 8 heteroatoms. The highest BCUT2D eigenvalue weighted by molar-refractivity contribution is 5.92. The van der Waals surface area contributed by atoms with Crippen molar-refractivity contribution in [2.75, 3.05) is 19.6 Å². The maximum Gasteiger partial charge on any atom is 0.408 e. The van der Waals surface area contributed by atoms with Gasteiger partial charge in [-0.25, -0.2) is 10.3 Å². The van der Waals surface area contributed by atoms with E-state index in [0.29, 0.717) is 37.8 Å². The van der Waals surface area contributed by atoms with Crippen LogP contribution in [-0.2, 0) is 9.59 Å². The van der Waals surface area contributed by atoms with Gasteiger partial charge in [0.05, 0.1) is 5.92 Å². The van der Waals surface area contributed by atoms with Crippen molar-refractivity contribution in [3.8, 4) is 0 Å². The summed E-state index contributed by atoms with van der Waals surface area (Å²) in [6.45, 7) is 5.58. The number of likely N-dealkylation sites (tertiary alicyclic amines) is 2. The molecule has 2 aliphatic heterocycles. The smallest absolute Gasteiger partial charge is 0.408 e. The van der Waals surface area contributed by atoms with E-state index in [9.17, 15) is 19.5 Å². The van der Waals surface area contributed by atoms with Crippen LogP contribution in [0.25, 0.3) is 0 Å². The van der Waals surface area contributed by atoms with Gasteiger partial charge < -0.3 is 10.0 Å². The lowest BCUT2D eigenvalue weighted by Gasteiger charge is -2.41. The molecule has 2 saturated heterocycles. The summed E-state index contributed by atoms with van der Waals surface area (Å²) in [6.07, 6.45) is 1.21. The summed E-state index contributed by atoms with van der Waals surface area (Å²) in [5, 5.41) is 18.6. The zero-order valence-electron chi connectivity index (χ0n) is 17.6. The van der Waals surface area contributed by atoms with Crippen molar-refractivity contribution < 1.29 is 24.7 Å². The Morgan fingerprint density at radius 3 is 2.40 bits per heavy atom. The van der Waals surface area contributed by atoms with Gasteiger partial charge in [-0.2, -0.15) is 0 Å². The number of carbonyl (C=O) groups is 3. The highest BCUT2D eigenvalue weighted by Gasteiger charge is 2.45. The number of hydrogen-bond donors (Lipinski definition) is 3. The second-order valence-electron chi connectivity index (χ2n) is 8.57. The summed E-state index contributed by atoms with van der Waals surface area (Å²) >= 11 is 0. The molecule has 2 aliphatic rings. The maximum absolute atomic E-state index is 13.2. The Morgan fingerprint density at radius 1 is 1.10 bits per heavy atom. The third-order valence-corrected chi connectivity index (χ3v) is 6.43. The molecule has 3 rings (SSSR count). The summed E-state index contributed by atoms with van der Waals surface area (Å²) in [6, 6.07) is 7.48. The standard InChI is InChI=1S/C22H31N3O5/c1-14(2)16-5-3-6-17(13-16)15-8-11-24(12-9-15)21(27)19-18(20(26)23-30)7-4-10-25(19)22(28)29/h3,5-6,13-15,18-19,30H,4,7-12H2,1-2H3,(H,23,26)(H,28,29)/t18-,19-/m0/s1. The fourth-order valence-electron chi connectivity index (χ4n) is 4.67. The van der Waals surface area contributed by atoms with E-state index in [1.807, 2.05) is 0 Å². The first-order valence-electron chi connectivity index (χ1n) is 10.7. The molecule has 0 spiro atoms. The Balaban J connectivity index is 1.71. The lowest BCUT2D eigenvalue weighted by atomic mass is 9.85. The number of benzene rings is 1. The van der Waals surface area contributed by atoms with Gasteiger partial charge in [0.15, 0.2) is 0 Å². The van der Waals surface area contributed by atoms with Crippen LogP contribution in [0.3, 0.4) is 0 Å². The van der Waals surface area contributed by atoms with Crippen LogP contribution in [0.4, 0.5) is 4.79 Å². The quantitative estimate of drug-likeness (QED) is 0.515. The van der Waals surface area contributed by atoms with Crippen molar-refractivity contribution in [2.24, 2.45) is 5.92 Å². The van der Waals surface area contributed by atoms with Crippen LogP contribution in [0, 0.1) is 5.92 Å². The number of nitrogens with zero attached hydrogens (tertiary/aromatic N) is 2. The zero-order valence-corrected chi connectivity index (χ0v) is 17.6. The second kappa shape index (κ2) is 9.47. The first-order valence-corrected chi connectivity index (χ1v) is 10.7. The minimum atomic E-state index is -1.22. The largest absolute Gasteiger partial charge is 0.465 e. The van der Waals surface area contributed by atoms with E-state index >= 15 is 0 Å². The molecule has 0 aromatic heterocycles. The first-order chi connectivity index (χ1) is 14.3. The topological polar surface area (TPSA) is 110 Å². The van der Waals surface area contributed by atoms with Crippen LogP contribution in [0.2, 0.25) is 0 Å². The summed E-state index contributed by atoms with van der Waals surface area (Å²) in [4.78, 5) is 39.8. The molecule has 1 aromatic rings. The van der Waals surface area contributed by atoms with E-state index in [4.69, 9.17) is 5.21 Å². The van der Waals surface area contributed by atoms with E-state index in [1.165, 1.54) is 11.1 Å². The number of nitrogens with one attached hydrogen (secondary N) is 1. The van der Waals surface area contributed by atoms with E-state index in [1.54, 1.807) is 10.4 Å². The average Bonchev–Trinajstić information content (AvgIpc) is 2.77. The molecule has 0 saturated carbocycles. The molecule has 2 heterocycles. The molecule has 164 valence electrons. The molecule has 0 bridgehead atoms. The molecule has 2 fully saturated rings. The number of carboxylic acid groups (broad SMARTS) is 1. The molecule has 2 atom stereocenters. The van der Waals surface area contributed by atoms with Crippen molar-refractivity contribution in [1.29, 1.82) is 0 Å². The number of hydroxylamine groups is 1. The molecule has 8 nitrogen and oxygen atoms in total. The van der Waals surface area contributed by atoms with Crippen LogP contribution >= 0.6 is 0 Å². The van der Waals surface area contributed by atoms with E-state index in [2.05, 4.69) is 38.1 Å². The van der Waals surface area contributed by atoms with E-state index in [0.717, 1.165) is 17.7 Å². The molecule has 3 N–H and O–H groups in total. The predicted molar refractivity (Wildman–Crippen MR) is 110 cm³/mol. The van der Waals surface area contributed by atoms with Crippen LogP contribution in [0.1, 0.15) is 62.5 Å². The molecular formula is C22H31N3O5. The van der Waals surface area contributed by atoms with Gasteiger partial charge in [-0.1, -0.05) is 38.1 Å². The van der Waals surface area contributed by atoms with Gasteiger partial charge in [0, 0.05) is 19.6 Å². The first kappa shape index (κ1) is 22.1. The lowest BCUT2D eigenvalue weighted by Crippen LogP contribution is -2.60. The Morgan fingerprint density at radius 2 is 1.80 bits per heavy atom. The number of amides is 3. The minimum Gasteiger partial charge on any atom is -0.465 e. The van der Waals surface area contributed by atoms with Crippen LogP contribution in [-0.4, -0.2) is 63.7 Å². The molecule has 30 heavy (non-hydrogen) atoms. The molecule has 0 radical (unpaired) electrons. The third kappa shape index (κ3) is 4.59. The van der Waals surface area contributed by atoms with E-state index < -0.39 is 24.0 Å². The van der Waals surface area contributed by atoms with Gasteiger partial charge in [-0.3, -0.25) is 19.7 Å². The normalized spacial score (nSPS) is 22.8.